The van der Waals surface area contributed by atoms with Crippen molar-refractivity contribution in [2.24, 2.45) is 5.92 Å². The largest absolute Gasteiger partial charge is 0.309 e. The van der Waals surface area contributed by atoms with Crippen LogP contribution in [0.2, 0.25) is 0 Å². The Morgan fingerprint density at radius 2 is 1.14 bits per heavy atom. The molecule has 242 valence electrons. The van der Waals surface area contributed by atoms with Crippen LogP contribution >= 0.6 is 23.1 Å². The summed E-state index contributed by atoms with van der Waals surface area (Å²) in [6, 6.07) is 59.6. The molecule has 1 saturated heterocycles. The zero-order valence-corrected chi connectivity index (χ0v) is 29.8. The summed E-state index contributed by atoms with van der Waals surface area (Å²) in [5.41, 5.74) is 11.0. The van der Waals surface area contributed by atoms with Gasteiger partial charge in [-0.3, -0.25) is 0 Å². The first-order chi connectivity index (χ1) is 24.6. The number of aromatic nitrogens is 1. The van der Waals surface area contributed by atoms with Crippen molar-refractivity contribution < 1.29 is 0 Å². The van der Waals surface area contributed by atoms with Crippen molar-refractivity contribution >= 4 is 65.1 Å². The van der Waals surface area contributed by atoms with E-state index in [1.807, 2.05) is 11.3 Å². The van der Waals surface area contributed by atoms with Gasteiger partial charge in [0.15, 0.2) is 0 Å². The Balaban J connectivity index is 0.000000511. The van der Waals surface area contributed by atoms with Crippen LogP contribution in [-0.4, -0.2) is 15.6 Å². The molecule has 50 heavy (non-hydrogen) atoms. The molecule has 0 bridgehead atoms. The number of hydrogen-bond donors (Lipinski definition) is 0. The number of benzene rings is 7. The highest BCUT2D eigenvalue weighted by Crippen LogP contribution is 2.44. The van der Waals surface area contributed by atoms with E-state index in [1.54, 1.807) is 0 Å². The molecule has 2 unspecified atom stereocenters. The third kappa shape index (κ3) is 5.42. The Morgan fingerprint density at radius 1 is 0.500 bits per heavy atom. The fourth-order valence-electron chi connectivity index (χ4n) is 7.25. The van der Waals surface area contributed by atoms with E-state index in [4.69, 9.17) is 0 Å². The molecule has 1 aliphatic heterocycles. The molecular weight excluding hydrogens is 643 g/mol. The summed E-state index contributed by atoms with van der Waals surface area (Å²) in [6.07, 6.45) is 0. The number of nitrogens with zero attached hydrogens (tertiary/aromatic N) is 1. The molecule has 7 aromatic carbocycles. The molecule has 1 fully saturated rings. The summed E-state index contributed by atoms with van der Waals surface area (Å²) < 4.78 is 5.12. The Hall–Kier alpha value is -5.09. The maximum atomic E-state index is 2.45. The number of thioether (sulfide) groups is 1. The predicted molar refractivity (Wildman–Crippen MR) is 221 cm³/mol. The Morgan fingerprint density at radius 3 is 1.84 bits per heavy atom. The van der Waals surface area contributed by atoms with E-state index in [0.717, 1.165) is 16.9 Å². The summed E-state index contributed by atoms with van der Waals surface area (Å²) in [5, 5.41) is 6.12. The normalized spacial score (nSPS) is 15.6. The highest BCUT2D eigenvalue weighted by molar-refractivity contribution is 8.01. The number of fused-ring (bicyclic) bond motifs is 6. The van der Waals surface area contributed by atoms with Crippen LogP contribution in [-0.2, 0) is 0 Å². The highest BCUT2D eigenvalue weighted by Gasteiger charge is 2.22. The molecule has 0 amide bonds. The van der Waals surface area contributed by atoms with Gasteiger partial charge in [-0.05, 0) is 82.0 Å². The first kappa shape index (κ1) is 30.9. The second-order valence-corrected chi connectivity index (χ2v) is 15.8. The van der Waals surface area contributed by atoms with Crippen molar-refractivity contribution in [3.63, 3.8) is 0 Å². The molecule has 9 aromatic rings. The minimum absolute atomic E-state index is 0.949. The number of rotatable bonds is 4. The molecule has 3 heteroatoms. The van der Waals surface area contributed by atoms with Crippen LogP contribution in [0.5, 0.6) is 0 Å². The van der Waals surface area contributed by atoms with Crippen molar-refractivity contribution in [2.45, 2.75) is 19.1 Å². The van der Waals surface area contributed by atoms with Gasteiger partial charge in [-0.1, -0.05) is 135 Å². The van der Waals surface area contributed by atoms with E-state index in [0.29, 0.717) is 0 Å². The fraction of sp³-hybridized carbons (Fsp3) is 0.106. The van der Waals surface area contributed by atoms with Gasteiger partial charge in [0.2, 0.25) is 0 Å². The average Bonchev–Trinajstić information content (AvgIpc) is 3.74. The average molecular weight is 680 g/mol. The molecule has 0 radical (unpaired) electrons. The molecule has 0 aliphatic carbocycles. The van der Waals surface area contributed by atoms with Crippen LogP contribution in [0.25, 0.3) is 81.0 Å². The lowest BCUT2D eigenvalue weighted by molar-refractivity contribution is 0.610. The number of para-hydroxylation sites is 1. The van der Waals surface area contributed by atoms with Gasteiger partial charge in [-0.2, -0.15) is 11.8 Å². The van der Waals surface area contributed by atoms with Crippen LogP contribution in [0.15, 0.2) is 164 Å². The molecule has 0 saturated carbocycles. The summed E-state index contributed by atoms with van der Waals surface area (Å²) in [6.45, 7) is 4.60. The number of thiophene rings is 1. The lowest BCUT2D eigenvalue weighted by atomic mass is 9.95. The summed E-state index contributed by atoms with van der Waals surface area (Å²) >= 11 is 3.96. The van der Waals surface area contributed by atoms with Gasteiger partial charge in [-0.25, -0.2) is 0 Å². The molecule has 1 aliphatic rings. The first-order valence-electron chi connectivity index (χ1n) is 17.4. The first-order valence-corrected chi connectivity index (χ1v) is 19.3. The summed E-state index contributed by atoms with van der Waals surface area (Å²) in [5.74, 6) is 2.39. The van der Waals surface area contributed by atoms with E-state index in [9.17, 15) is 0 Å². The lowest BCUT2D eigenvalue weighted by Crippen LogP contribution is -2.23. The zero-order valence-electron chi connectivity index (χ0n) is 28.2. The van der Waals surface area contributed by atoms with Crippen molar-refractivity contribution in [2.75, 3.05) is 5.75 Å². The Kier molecular flexibility index (Phi) is 8.03. The second kappa shape index (κ2) is 13.0. The van der Waals surface area contributed by atoms with Gasteiger partial charge < -0.3 is 4.57 Å². The van der Waals surface area contributed by atoms with E-state index in [1.165, 1.54) is 81.1 Å². The van der Waals surface area contributed by atoms with Gasteiger partial charge in [0.1, 0.15) is 0 Å². The standard InChI is InChI=1S/C42H27NS.C5H10S/c1-4-13-28(14-5-1)31-26-36(29-15-6-2-7-16-29)41-38(27-31)37-25-30(23-24-39(37)43(41)32-17-8-3-9-18-32)33-20-12-21-35-34-19-10-11-22-40(34)44-42(33)35;1-4-3-6-5(4)2/h1-27H;4-5H,3H2,1-2H3. The molecule has 1 nitrogen and oxygen atoms in total. The third-order valence-corrected chi connectivity index (χ3v) is 13.1. The molecule has 10 rings (SSSR count). The van der Waals surface area contributed by atoms with Crippen LogP contribution in [0, 0.1) is 5.92 Å². The molecule has 3 heterocycles. The zero-order chi connectivity index (χ0) is 33.6. The Labute approximate surface area is 301 Å². The van der Waals surface area contributed by atoms with Gasteiger partial charge >= 0.3 is 0 Å². The summed E-state index contributed by atoms with van der Waals surface area (Å²) in [7, 11) is 0. The smallest absolute Gasteiger partial charge is 0.0619 e. The maximum absolute atomic E-state index is 2.45. The van der Waals surface area contributed by atoms with Gasteiger partial charge in [0.25, 0.3) is 0 Å². The minimum atomic E-state index is 0.949. The van der Waals surface area contributed by atoms with Crippen LogP contribution in [0.3, 0.4) is 0 Å². The molecule has 2 atom stereocenters. The highest BCUT2D eigenvalue weighted by atomic mass is 32.2. The van der Waals surface area contributed by atoms with Gasteiger partial charge in [0, 0.05) is 47.4 Å². The number of hydrogen-bond acceptors (Lipinski definition) is 2. The minimum Gasteiger partial charge on any atom is -0.309 e. The topological polar surface area (TPSA) is 4.93 Å². The second-order valence-electron chi connectivity index (χ2n) is 13.4. The van der Waals surface area contributed by atoms with Crippen LogP contribution in [0.1, 0.15) is 13.8 Å². The molecule has 0 N–H and O–H groups in total. The SMILES string of the molecule is CC1CSC1C.c1ccc(-c2cc(-c3ccccc3)c3c(c2)c2cc(-c4cccc5c4sc4ccccc45)ccc2n3-c2ccccc2)cc1. The molecule has 0 spiro atoms. The predicted octanol–water partition coefficient (Wildman–Crippen LogP) is 13.9. The van der Waals surface area contributed by atoms with Crippen molar-refractivity contribution in [1.29, 1.82) is 0 Å². The maximum Gasteiger partial charge on any atom is 0.0619 e. The third-order valence-electron chi connectivity index (χ3n) is 10.2. The van der Waals surface area contributed by atoms with E-state index in [-0.39, 0.29) is 0 Å². The van der Waals surface area contributed by atoms with Crippen LogP contribution < -0.4 is 0 Å². The molecular formula is C47H37NS2. The van der Waals surface area contributed by atoms with Gasteiger partial charge in [0.05, 0.1) is 11.0 Å². The van der Waals surface area contributed by atoms with E-state index in [2.05, 4.69) is 194 Å². The van der Waals surface area contributed by atoms with Crippen molar-refractivity contribution in [1.82, 2.24) is 4.57 Å². The lowest BCUT2D eigenvalue weighted by Gasteiger charge is -2.29. The fourth-order valence-corrected chi connectivity index (χ4v) is 9.45. The van der Waals surface area contributed by atoms with Crippen molar-refractivity contribution in [3.8, 4) is 39.1 Å². The van der Waals surface area contributed by atoms with Gasteiger partial charge in [-0.15, -0.1) is 11.3 Å². The summed E-state index contributed by atoms with van der Waals surface area (Å²) in [4.78, 5) is 0. The Bertz CT molecular complexity index is 2610. The van der Waals surface area contributed by atoms with E-state index >= 15 is 0 Å². The molecule has 2 aromatic heterocycles. The van der Waals surface area contributed by atoms with Crippen LogP contribution in [0.4, 0.5) is 0 Å². The monoisotopic (exact) mass is 679 g/mol. The van der Waals surface area contributed by atoms with E-state index < -0.39 is 0 Å². The quantitative estimate of drug-likeness (QED) is 0.179. The van der Waals surface area contributed by atoms with Crippen molar-refractivity contribution in [3.05, 3.63) is 164 Å².